The molecule has 0 aliphatic carbocycles. The van der Waals surface area contributed by atoms with E-state index in [1.54, 1.807) is 32.0 Å². The number of hydrogen-bond donors (Lipinski definition) is 2. The highest BCUT2D eigenvalue weighted by Gasteiger charge is 2.30. The van der Waals surface area contributed by atoms with Crippen molar-refractivity contribution in [1.29, 1.82) is 0 Å². The number of rotatable bonds is 5. The number of nitrogens with one attached hydrogen (secondary N) is 2. The minimum absolute atomic E-state index is 0.103. The molecule has 0 aliphatic rings. The lowest BCUT2D eigenvalue weighted by molar-refractivity contribution is -0.137. The molecule has 2 amide bonds. The molecular weight excluding hydrogens is 435 g/mol. The number of alkyl halides is 3. The van der Waals surface area contributed by atoms with E-state index >= 15 is 0 Å². The first kappa shape index (κ1) is 23.8. The zero-order valence-corrected chi connectivity index (χ0v) is 18.6. The summed E-state index contributed by atoms with van der Waals surface area (Å²) in [6, 6.07) is 11.7. The molecule has 3 aromatic rings. The van der Waals surface area contributed by atoms with Crippen LogP contribution >= 0.6 is 0 Å². The molecular formula is C23H24F3N5O2. The van der Waals surface area contributed by atoms with Crippen molar-refractivity contribution in [2.45, 2.75) is 26.4 Å². The second kappa shape index (κ2) is 9.35. The van der Waals surface area contributed by atoms with Gasteiger partial charge in [-0.05, 0) is 50.2 Å². The third-order valence-corrected chi connectivity index (χ3v) is 5.14. The minimum atomic E-state index is -4.47. The molecule has 2 aromatic carbocycles. The number of aryl methyl sites for hydroxylation is 1. The molecule has 0 radical (unpaired) electrons. The molecule has 0 saturated carbocycles. The van der Waals surface area contributed by atoms with E-state index in [4.69, 9.17) is 0 Å². The highest BCUT2D eigenvalue weighted by molar-refractivity contribution is 5.96. The standard InChI is InChI=1S/C23H24F3N5O2/c1-14-20(15(2)31(29-14)19-10-6-8-17(12-19)23(24,25)26)13-21(32)27-28-22(33)16-7-5-9-18(11-16)30(3)4/h5-12H,13H2,1-4H3,(H,27,32)(H,28,33). The van der Waals surface area contributed by atoms with Gasteiger partial charge in [0.05, 0.1) is 23.4 Å². The van der Waals surface area contributed by atoms with Crippen LogP contribution in [0.4, 0.5) is 18.9 Å². The topological polar surface area (TPSA) is 79.3 Å². The second-order valence-corrected chi connectivity index (χ2v) is 7.73. The number of benzene rings is 2. The van der Waals surface area contributed by atoms with Crippen LogP contribution < -0.4 is 15.8 Å². The van der Waals surface area contributed by atoms with Crippen LogP contribution in [0.5, 0.6) is 0 Å². The summed E-state index contributed by atoms with van der Waals surface area (Å²) >= 11 is 0. The van der Waals surface area contributed by atoms with Crippen LogP contribution in [0.1, 0.15) is 32.9 Å². The van der Waals surface area contributed by atoms with Crippen molar-refractivity contribution in [2.75, 3.05) is 19.0 Å². The Morgan fingerprint density at radius 1 is 1.03 bits per heavy atom. The smallest absolute Gasteiger partial charge is 0.378 e. The normalized spacial score (nSPS) is 11.2. The number of hydrazine groups is 1. The number of carbonyl (C=O) groups is 2. The van der Waals surface area contributed by atoms with Crippen molar-refractivity contribution < 1.29 is 22.8 Å². The van der Waals surface area contributed by atoms with Gasteiger partial charge in [-0.3, -0.25) is 20.4 Å². The molecule has 0 bridgehead atoms. The summed E-state index contributed by atoms with van der Waals surface area (Å²) in [6.07, 6.45) is -4.58. The van der Waals surface area contributed by atoms with Crippen molar-refractivity contribution in [3.05, 3.63) is 76.6 Å². The van der Waals surface area contributed by atoms with Crippen molar-refractivity contribution in [1.82, 2.24) is 20.6 Å². The zero-order valence-electron chi connectivity index (χ0n) is 18.6. The van der Waals surface area contributed by atoms with Gasteiger partial charge in [0.2, 0.25) is 5.91 Å². The molecule has 0 saturated heterocycles. The summed E-state index contributed by atoms with van der Waals surface area (Å²) < 4.78 is 40.5. The summed E-state index contributed by atoms with van der Waals surface area (Å²) in [5.74, 6) is -0.956. The van der Waals surface area contributed by atoms with E-state index in [1.165, 1.54) is 16.8 Å². The maximum Gasteiger partial charge on any atom is 0.416 e. The molecule has 1 aromatic heterocycles. The third-order valence-electron chi connectivity index (χ3n) is 5.14. The Morgan fingerprint density at radius 2 is 1.73 bits per heavy atom. The molecule has 7 nitrogen and oxygen atoms in total. The molecule has 0 spiro atoms. The quantitative estimate of drug-likeness (QED) is 0.572. The van der Waals surface area contributed by atoms with Gasteiger partial charge in [-0.1, -0.05) is 12.1 Å². The molecule has 0 unspecified atom stereocenters. The molecule has 33 heavy (non-hydrogen) atoms. The first-order valence-corrected chi connectivity index (χ1v) is 10.1. The van der Waals surface area contributed by atoms with Crippen LogP contribution in [0.25, 0.3) is 5.69 Å². The third kappa shape index (κ3) is 5.51. The first-order valence-electron chi connectivity index (χ1n) is 10.1. The lowest BCUT2D eigenvalue weighted by atomic mass is 10.1. The molecule has 174 valence electrons. The molecule has 0 atom stereocenters. The van der Waals surface area contributed by atoms with Gasteiger partial charge in [-0.2, -0.15) is 18.3 Å². The Balaban J connectivity index is 1.71. The number of anilines is 1. The summed E-state index contributed by atoms with van der Waals surface area (Å²) in [7, 11) is 3.70. The van der Waals surface area contributed by atoms with Crippen LogP contribution in [0.3, 0.4) is 0 Å². The van der Waals surface area contributed by atoms with Gasteiger partial charge < -0.3 is 4.90 Å². The van der Waals surface area contributed by atoms with Crippen LogP contribution in [-0.2, 0) is 17.4 Å². The molecule has 3 rings (SSSR count). The Bertz CT molecular complexity index is 1190. The minimum Gasteiger partial charge on any atom is -0.378 e. The molecule has 2 N–H and O–H groups in total. The van der Waals surface area contributed by atoms with Crippen LogP contribution in [-0.4, -0.2) is 35.7 Å². The van der Waals surface area contributed by atoms with Gasteiger partial charge in [0.15, 0.2) is 0 Å². The van der Waals surface area contributed by atoms with E-state index in [2.05, 4.69) is 16.0 Å². The predicted molar refractivity (Wildman–Crippen MR) is 118 cm³/mol. The van der Waals surface area contributed by atoms with Gasteiger partial charge in [0.25, 0.3) is 5.91 Å². The monoisotopic (exact) mass is 459 g/mol. The Morgan fingerprint density at radius 3 is 2.39 bits per heavy atom. The largest absolute Gasteiger partial charge is 0.416 e. The van der Waals surface area contributed by atoms with Gasteiger partial charge >= 0.3 is 6.18 Å². The van der Waals surface area contributed by atoms with Crippen molar-refractivity contribution >= 4 is 17.5 Å². The van der Waals surface area contributed by atoms with E-state index in [1.807, 2.05) is 25.1 Å². The molecule has 1 heterocycles. The number of aromatic nitrogens is 2. The highest BCUT2D eigenvalue weighted by atomic mass is 19.4. The van der Waals surface area contributed by atoms with Gasteiger partial charge in [-0.15, -0.1) is 0 Å². The fourth-order valence-electron chi connectivity index (χ4n) is 3.32. The average Bonchev–Trinajstić information content (AvgIpc) is 3.05. The Hall–Kier alpha value is -3.82. The summed E-state index contributed by atoms with van der Waals surface area (Å²) in [5, 5.41) is 4.30. The van der Waals surface area contributed by atoms with Gasteiger partial charge in [-0.25, -0.2) is 4.68 Å². The Labute approximate surface area is 189 Å². The summed E-state index contributed by atoms with van der Waals surface area (Å²) in [4.78, 5) is 26.6. The average molecular weight is 459 g/mol. The molecule has 0 fully saturated rings. The lowest BCUT2D eigenvalue weighted by Crippen LogP contribution is -2.42. The fraction of sp³-hybridized carbons (Fsp3) is 0.261. The maximum absolute atomic E-state index is 13.1. The van der Waals surface area contributed by atoms with E-state index < -0.39 is 23.6 Å². The maximum atomic E-state index is 13.1. The van der Waals surface area contributed by atoms with Gasteiger partial charge in [0, 0.05) is 36.6 Å². The van der Waals surface area contributed by atoms with Crippen molar-refractivity contribution in [3.63, 3.8) is 0 Å². The number of halogens is 3. The van der Waals surface area contributed by atoms with E-state index in [0.717, 1.165) is 17.8 Å². The first-order chi connectivity index (χ1) is 15.5. The lowest BCUT2D eigenvalue weighted by Gasteiger charge is -2.13. The van der Waals surface area contributed by atoms with Crippen molar-refractivity contribution in [3.8, 4) is 5.69 Å². The SMILES string of the molecule is Cc1nn(-c2cccc(C(F)(F)F)c2)c(C)c1CC(=O)NNC(=O)c1cccc(N(C)C)c1. The van der Waals surface area contributed by atoms with E-state index in [0.29, 0.717) is 22.5 Å². The number of nitrogens with zero attached hydrogens (tertiary/aromatic N) is 3. The fourth-order valence-corrected chi connectivity index (χ4v) is 3.32. The van der Waals surface area contributed by atoms with Crippen LogP contribution in [0.2, 0.25) is 0 Å². The predicted octanol–water partition coefficient (Wildman–Crippen LogP) is 3.58. The molecule has 0 aliphatic heterocycles. The second-order valence-electron chi connectivity index (χ2n) is 7.73. The van der Waals surface area contributed by atoms with Crippen LogP contribution in [0.15, 0.2) is 48.5 Å². The van der Waals surface area contributed by atoms with Crippen molar-refractivity contribution in [2.24, 2.45) is 0 Å². The van der Waals surface area contributed by atoms with E-state index in [9.17, 15) is 22.8 Å². The van der Waals surface area contributed by atoms with E-state index in [-0.39, 0.29) is 12.1 Å². The highest BCUT2D eigenvalue weighted by Crippen LogP contribution is 2.31. The summed E-state index contributed by atoms with van der Waals surface area (Å²) in [6.45, 7) is 3.35. The Kier molecular flexibility index (Phi) is 6.75. The number of carbonyl (C=O) groups excluding carboxylic acids is 2. The van der Waals surface area contributed by atoms with Crippen LogP contribution in [0, 0.1) is 13.8 Å². The van der Waals surface area contributed by atoms with Gasteiger partial charge in [0.1, 0.15) is 0 Å². The number of hydrogen-bond acceptors (Lipinski definition) is 4. The summed E-state index contributed by atoms with van der Waals surface area (Å²) in [5.41, 5.74) is 7.03. The zero-order chi connectivity index (χ0) is 24.3. The number of amides is 2. The molecule has 10 heteroatoms.